The molecule has 116 valence electrons. The lowest BCUT2D eigenvalue weighted by atomic mass is 10.0. The predicted molar refractivity (Wildman–Crippen MR) is 92.5 cm³/mol. The van der Waals surface area contributed by atoms with Crippen molar-refractivity contribution in [1.29, 1.82) is 0 Å². The highest BCUT2D eigenvalue weighted by Gasteiger charge is 2.26. The van der Waals surface area contributed by atoms with Gasteiger partial charge in [-0.15, -0.1) is 0 Å². The van der Waals surface area contributed by atoms with Crippen molar-refractivity contribution in [1.82, 2.24) is 9.47 Å². The maximum Gasteiger partial charge on any atom is 0.254 e. The molecule has 0 radical (unpaired) electrons. The highest BCUT2D eigenvalue weighted by Crippen LogP contribution is 2.30. The molecule has 0 saturated carbocycles. The molecule has 3 heteroatoms. The van der Waals surface area contributed by atoms with E-state index in [2.05, 4.69) is 35.9 Å². The van der Waals surface area contributed by atoms with Crippen LogP contribution in [-0.4, -0.2) is 21.9 Å². The average Bonchev–Trinajstić information content (AvgIpc) is 2.88. The topological polar surface area (TPSA) is 25.2 Å². The van der Waals surface area contributed by atoms with E-state index in [-0.39, 0.29) is 5.91 Å². The van der Waals surface area contributed by atoms with Gasteiger partial charge in [0, 0.05) is 54.3 Å². The Morgan fingerprint density at radius 2 is 1.78 bits per heavy atom. The Hall–Kier alpha value is -2.55. The summed E-state index contributed by atoms with van der Waals surface area (Å²) in [6, 6.07) is 16.3. The zero-order valence-corrected chi connectivity index (χ0v) is 13.5. The van der Waals surface area contributed by atoms with Crippen LogP contribution in [0.3, 0.4) is 0 Å². The molecule has 0 unspecified atom stereocenters. The van der Waals surface area contributed by atoms with Crippen LogP contribution in [0.25, 0.3) is 10.9 Å². The average molecular weight is 304 g/mol. The van der Waals surface area contributed by atoms with E-state index in [4.69, 9.17) is 0 Å². The predicted octanol–water partition coefficient (Wildman–Crippen LogP) is 3.69. The van der Waals surface area contributed by atoms with E-state index in [0.29, 0.717) is 6.54 Å². The van der Waals surface area contributed by atoms with Crippen molar-refractivity contribution in [3.63, 3.8) is 0 Å². The fourth-order valence-corrected chi connectivity index (χ4v) is 3.69. The molecule has 1 amide bonds. The van der Waals surface area contributed by atoms with Crippen LogP contribution in [0.1, 0.15) is 27.2 Å². The molecule has 0 atom stereocenters. The van der Waals surface area contributed by atoms with Gasteiger partial charge in [0.1, 0.15) is 0 Å². The van der Waals surface area contributed by atoms with Crippen LogP contribution in [0.4, 0.5) is 0 Å². The molecule has 3 aromatic rings. The molecule has 0 aliphatic carbocycles. The molecule has 2 heterocycles. The van der Waals surface area contributed by atoms with Gasteiger partial charge in [-0.05, 0) is 24.6 Å². The third-order valence-electron chi connectivity index (χ3n) is 4.97. The summed E-state index contributed by atoms with van der Waals surface area (Å²) in [5, 5.41) is 1.27. The van der Waals surface area contributed by atoms with Gasteiger partial charge in [-0.3, -0.25) is 4.79 Å². The molecule has 1 aliphatic rings. The van der Waals surface area contributed by atoms with E-state index in [1.807, 2.05) is 36.1 Å². The summed E-state index contributed by atoms with van der Waals surface area (Å²) in [6.45, 7) is 3.48. The summed E-state index contributed by atoms with van der Waals surface area (Å²) in [5.41, 5.74) is 5.77. The first-order valence-corrected chi connectivity index (χ1v) is 8.07. The van der Waals surface area contributed by atoms with Gasteiger partial charge in [-0.1, -0.05) is 36.4 Å². The van der Waals surface area contributed by atoms with E-state index < -0.39 is 0 Å². The summed E-state index contributed by atoms with van der Waals surface area (Å²) in [7, 11) is 2.12. The van der Waals surface area contributed by atoms with Gasteiger partial charge in [-0.2, -0.15) is 0 Å². The molecule has 1 aliphatic heterocycles. The molecule has 3 nitrogen and oxygen atoms in total. The van der Waals surface area contributed by atoms with E-state index in [1.54, 1.807) is 0 Å². The first-order chi connectivity index (χ1) is 11.2. The summed E-state index contributed by atoms with van der Waals surface area (Å²) in [5.74, 6) is 0.140. The Balaban J connectivity index is 1.73. The molecule has 1 aromatic heterocycles. The number of benzene rings is 2. The van der Waals surface area contributed by atoms with Crippen LogP contribution in [0.2, 0.25) is 0 Å². The molecule has 0 N–H and O–H groups in total. The van der Waals surface area contributed by atoms with Crippen LogP contribution in [0.5, 0.6) is 0 Å². The normalized spacial score (nSPS) is 14.1. The van der Waals surface area contributed by atoms with Gasteiger partial charge in [-0.25, -0.2) is 0 Å². The molecule has 0 fully saturated rings. The van der Waals surface area contributed by atoms with Gasteiger partial charge < -0.3 is 9.47 Å². The third kappa shape index (κ3) is 2.15. The molecule has 0 saturated heterocycles. The number of nitrogens with zero attached hydrogens (tertiary/aromatic N) is 2. The molecule has 23 heavy (non-hydrogen) atoms. The molecule has 0 bridgehead atoms. The van der Waals surface area contributed by atoms with Gasteiger partial charge in [0.25, 0.3) is 5.91 Å². The van der Waals surface area contributed by atoms with Gasteiger partial charge in [0.2, 0.25) is 0 Å². The summed E-state index contributed by atoms with van der Waals surface area (Å²) >= 11 is 0. The maximum absolute atomic E-state index is 12.9. The monoisotopic (exact) mass is 304 g/mol. The first kappa shape index (κ1) is 14.1. The number of aromatic nitrogens is 1. The maximum atomic E-state index is 12.9. The summed E-state index contributed by atoms with van der Waals surface area (Å²) in [6.07, 6.45) is 0.915. The van der Waals surface area contributed by atoms with Gasteiger partial charge in [0.05, 0.1) is 0 Å². The minimum atomic E-state index is 0.140. The highest BCUT2D eigenvalue weighted by molar-refractivity contribution is 5.96. The molecular formula is C20H20N2O. The van der Waals surface area contributed by atoms with Crippen molar-refractivity contribution in [2.45, 2.75) is 19.9 Å². The minimum Gasteiger partial charge on any atom is -0.347 e. The zero-order valence-electron chi connectivity index (χ0n) is 13.5. The third-order valence-corrected chi connectivity index (χ3v) is 4.97. The number of hydrogen-bond acceptors (Lipinski definition) is 1. The first-order valence-electron chi connectivity index (χ1n) is 8.07. The molecule has 4 rings (SSSR count). The van der Waals surface area contributed by atoms with Crippen LogP contribution >= 0.6 is 0 Å². The van der Waals surface area contributed by atoms with E-state index in [9.17, 15) is 4.79 Å². The zero-order chi connectivity index (χ0) is 16.0. The lowest BCUT2D eigenvalue weighted by molar-refractivity contribution is 0.0733. The van der Waals surface area contributed by atoms with Crippen molar-refractivity contribution < 1.29 is 4.79 Å². The SMILES string of the molecule is Cc1ccccc1C(=O)N1CCc2c(c3ccccc3n2C)C1. The second-order valence-corrected chi connectivity index (χ2v) is 6.29. The number of amides is 1. The fourth-order valence-electron chi connectivity index (χ4n) is 3.69. The number of carbonyl (C=O) groups is 1. The van der Waals surface area contributed by atoms with Crippen LogP contribution < -0.4 is 0 Å². The smallest absolute Gasteiger partial charge is 0.254 e. The van der Waals surface area contributed by atoms with Crippen molar-refractivity contribution in [3.8, 4) is 0 Å². The van der Waals surface area contributed by atoms with Crippen molar-refractivity contribution in [3.05, 3.63) is 70.9 Å². The van der Waals surface area contributed by atoms with Gasteiger partial charge in [0.15, 0.2) is 0 Å². The second-order valence-electron chi connectivity index (χ2n) is 6.29. The number of fused-ring (bicyclic) bond motifs is 3. The largest absolute Gasteiger partial charge is 0.347 e. The number of rotatable bonds is 1. The minimum absolute atomic E-state index is 0.140. The Morgan fingerprint density at radius 3 is 2.61 bits per heavy atom. The Kier molecular flexibility index (Phi) is 3.22. The van der Waals surface area contributed by atoms with E-state index in [1.165, 1.54) is 22.2 Å². The lowest BCUT2D eigenvalue weighted by Gasteiger charge is -2.28. The van der Waals surface area contributed by atoms with E-state index in [0.717, 1.165) is 24.1 Å². The molecular weight excluding hydrogens is 284 g/mol. The van der Waals surface area contributed by atoms with Crippen molar-refractivity contribution in [2.24, 2.45) is 7.05 Å². The van der Waals surface area contributed by atoms with Gasteiger partial charge >= 0.3 is 0 Å². The number of carbonyl (C=O) groups excluding carboxylic acids is 1. The second kappa shape index (κ2) is 5.27. The van der Waals surface area contributed by atoms with Crippen LogP contribution in [0.15, 0.2) is 48.5 Å². The Morgan fingerprint density at radius 1 is 1.04 bits per heavy atom. The Labute approximate surface area is 136 Å². The molecule has 0 spiro atoms. The van der Waals surface area contributed by atoms with Crippen LogP contribution in [0, 0.1) is 6.92 Å². The number of hydrogen-bond donors (Lipinski definition) is 0. The van der Waals surface area contributed by atoms with Crippen molar-refractivity contribution in [2.75, 3.05) is 6.54 Å². The summed E-state index contributed by atoms with van der Waals surface area (Å²) < 4.78 is 2.28. The fraction of sp³-hybridized carbons (Fsp3) is 0.250. The standard InChI is InChI=1S/C20H20N2O/c1-14-7-3-4-8-15(14)20(23)22-12-11-19-17(13-22)16-9-5-6-10-18(16)21(19)2/h3-10H,11-13H2,1-2H3. The summed E-state index contributed by atoms with van der Waals surface area (Å²) in [4.78, 5) is 14.9. The van der Waals surface area contributed by atoms with Crippen LogP contribution in [-0.2, 0) is 20.0 Å². The van der Waals surface area contributed by atoms with E-state index >= 15 is 0 Å². The number of aryl methyl sites for hydroxylation is 2. The highest BCUT2D eigenvalue weighted by atomic mass is 16.2. The quantitative estimate of drug-likeness (QED) is 0.673. The lowest BCUT2D eigenvalue weighted by Crippen LogP contribution is -2.36. The molecule has 2 aromatic carbocycles. The van der Waals surface area contributed by atoms with Crippen molar-refractivity contribution >= 4 is 16.8 Å². The Bertz CT molecular complexity index is 907. The number of para-hydroxylation sites is 1.